The molecular weight excluding hydrogens is 287 g/mol. The van der Waals surface area contributed by atoms with E-state index >= 15 is 0 Å². The van der Waals surface area contributed by atoms with Crippen LogP contribution in [-0.4, -0.2) is 7.11 Å². The summed E-state index contributed by atoms with van der Waals surface area (Å²) in [6.45, 7) is 0. The Morgan fingerprint density at radius 1 is 0.696 bits per heavy atom. The summed E-state index contributed by atoms with van der Waals surface area (Å²) >= 11 is 0. The highest BCUT2D eigenvalue weighted by Crippen LogP contribution is 2.34. The largest absolute Gasteiger partial charge is 0.497 e. The minimum atomic E-state index is -0.273. The van der Waals surface area contributed by atoms with Crippen LogP contribution < -0.4 is 4.74 Å². The summed E-state index contributed by atoms with van der Waals surface area (Å²) in [7, 11) is 1.54. The Kier molecular flexibility index (Phi) is 3.23. The summed E-state index contributed by atoms with van der Waals surface area (Å²) < 4.78 is 19.6. The normalized spacial score (nSPS) is 11.0. The third-order valence-corrected chi connectivity index (χ3v) is 4.21. The standard InChI is InChI=1S/C21H15FO/c1-23-17-9-10-19(21(22)13-17)18-8-4-7-16-11-14-5-2-3-6-15(14)12-20(16)18/h2-13H,1H3. The maximum atomic E-state index is 14.5. The van der Waals surface area contributed by atoms with Crippen LogP contribution in [0.2, 0.25) is 0 Å². The minimum absolute atomic E-state index is 0.273. The smallest absolute Gasteiger partial charge is 0.134 e. The number of hydrogen-bond acceptors (Lipinski definition) is 1. The zero-order chi connectivity index (χ0) is 15.8. The Bertz CT molecular complexity index is 1020. The van der Waals surface area contributed by atoms with Gasteiger partial charge in [-0.25, -0.2) is 4.39 Å². The van der Waals surface area contributed by atoms with Gasteiger partial charge in [-0.15, -0.1) is 0 Å². The average Bonchev–Trinajstić information content (AvgIpc) is 2.59. The molecule has 0 spiro atoms. The first kappa shape index (κ1) is 13.8. The number of ether oxygens (including phenoxy) is 1. The zero-order valence-corrected chi connectivity index (χ0v) is 12.7. The molecule has 0 radical (unpaired) electrons. The Morgan fingerprint density at radius 3 is 2.17 bits per heavy atom. The number of halogens is 1. The lowest BCUT2D eigenvalue weighted by Gasteiger charge is -2.10. The third kappa shape index (κ3) is 2.33. The van der Waals surface area contributed by atoms with Gasteiger partial charge < -0.3 is 4.74 Å². The number of methoxy groups -OCH3 is 1. The number of rotatable bonds is 2. The van der Waals surface area contributed by atoms with Crippen molar-refractivity contribution in [2.75, 3.05) is 7.11 Å². The van der Waals surface area contributed by atoms with Crippen LogP contribution in [0.5, 0.6) is 5.75 Å². The third-order valence-electron chi connectivity index (χ3n) is 4.21. The van der Waals surface area contributed by atoms with Gasteiger partial charge in [-0.05, 0) is 51.4 Å². The highest BCUT2D eigenvalue weighted by Gasteiger charge is 2.10. The molecule has 0 saturated carbocycles. The Labute approximate surface area is 133 Å². The monoisotopic (exact) mass is 302 g/mol. The van der Waals surface area contributed by atoms with E-state index in [2.05, 4.69) is 30.3 Å². The zero-order valence-electron chi connectivity index (χ0n) is 12.7. The maximum absolute atomic E-state index is 14.5. The Morgan fingerprint density at radius 2 is 1.43 bits per heavy atom. The van der Waals surface area contributed by atoms with E-state index in [0.717, 1.165) is 21.7 Å². The predicted molar refractivity (Wildman–Crippen MR) is 93.4 cm³/mol. The van der Waals surface area contributed by atoms with Gasteiger partial charge in [0.25, 0.3) is 0 Å². The fourth-order valence-electron chi connectivity index (χ4n) is 3.04. The van der Waals surface area contributed by atoms with Crippen LogP contribution in [-0.2, 0) is 0 Å². The summed E-state index contributed by atoms with van der Waals surface area (Å²) in [6, 6.07) is 23.5. The molecule has 0 fully saturated rings. The van der Waals surface area contributed by atoms with Crippen molar-refractivity contribution in [2.45, 2.75) is 0 Å². The van der Waals surface area contributed by atoms with Crippen molar-refractivity contribution in [1.29, 1.82) is 0 Å². The van der Waals surface area contributed by atoms with Crippen molar-refractivity contribution < 1.29 is 9.13 Å². The summed E-state index contributed by atoms with van der Waals surface area (Å²) in [4.78, 5) is 0. The molecule has 2 heteroatoms. The van der Waals surface area contributed by atoms with Gasteiger partial charge in [0.2, 0.25) is 0 Å². The average molecular weight is 302 g/mol. The van der Waals surface area contributed by atoms with Crippen molar-refractivity contribution in [1.82, 2.24) is 0 Å². The fourth-order valence-corrected chi connectivity index (χ4v) is 3.04. The molecule has 0 aliphatic carbocycles. The van der Waals surface area contributed by atoms with Crippen LogP contribution in [0, 0.1) is 5.82 Å². The summed E-state index contributed by atoms with van der Waals surface area (Å²) in [6.07, 6.45) is 0. The van der Waals surface area contributed by atoms with Gasteiger partial charge in [-0.1, -0.05) is 42.5 Å². The van der Waals surface area contributed by atoms with E-state index in [1.54, 1.807) is 19.2 Å². The van der Waals surface area contributed by atoms with E-state index in [1.807, 2.05) is 24.3 Å². The van der Waals surface area contributed by atoms with Crippen molar-refractivity contribution in [3.63, 3.8) is 0 Å². The van der Waals surface area contributed by atoms with E-state index < -0.39 is 0 Å². The van der Waals surface area contributed by atoms with Crippen molar-refractivity contribution in [3.05, 3.63) is 78.6 Å². The molecule has 0 aromatic heterocycles. The molecule has 4 aromatic rings. The number of hydrogen-bond donors (Lipinski definition) is 0. The summed E-state index contributed by atoms with van der Waals surface area (Å²) in [5, 5.41) is 4.50. The SMILES string of the molecule is COc1ccc(-c2cccc3cc4ccccc4cc23)c(F)c1. The molecular formula is C21H15FO. The second-order valence-corrected chi connectivity index (χ2v) is 5.57. The molecule has 0 saturated heterocycles. The van der Waals surface area contributed by atoms with Gasteiger partial charge in [0.1, 0.15) is 11.6 Å². The first-order valence-corrected chi connectivity index (χ1v) is 7.52. The molecule has 0 unspecified atom stereocenters. The van der Waals surface area contributed by atoms with Crippen LogP contribution in [0.4, 0.5) is 4.39 Å². The lowest BCUT2D eigenvalue weighted by Crippen LogP contribution is -1.89. The molecule has 112 valence electrons. The van der Waals surface area contributed by atoms with E-state index in [-0.39, 0.29) is 5.82 Å². The highest BCUT2D eigenvalue weighted by atomic mass is 19.1. The maximum Gasteiger partial charge on any atom is 0.134 e. The predicted octanol–water partition coefficient (Wildman–Crippen LogP) is 5.81. The molecule has 0 heterocycles. The van der Waals surface area contributed by atoms with Crippen molar-refractivity contribution in [3.8, 4) is 16.9 Å². The number of benzene rings is 4. The molecule has 0 amide bonds. The van der Waals surface area contributed by atoms with E-state index in [1.165, 1.54) is 11.5 Å². The second-order valence-electron chi connectivity index (χ2n) is 5.57. The van der Waals surface area contributed by atoms with E-state index in [4.69, 9.17) is 4.74 Å². The van der Waals surface area contributed by atoms with Gasteiger partial charge in [0.05, 0.1) is 7.11 Å². The highest BCUT2D eigenvalue weighted by molar-refractivity contribution is 6.05. The van der Waals surface area contributed by atoms with Gasteiger partial charge in [-0.2, -0.15) is 0 Å². The lowest BCUT2D eigenvalue weighted by molar-refractivity contribution is 0.411. The molecule has 4 rings (SSSR count). The van der Waals surface area contributed by atoms with Crippen molar-refractivity contribution in [2.24, 2.45) is 0 Å². The molecule has 23 heavy (non-hydrogen) atoms. The molecule has 1 nitrogen and oxygen atoms in total. The molecule has 0 bridgehead atoms. The molecule has 0 atom stereocenters. The molecule has 0 N–H and O–H groups in total. The van der Waals surface area contributed by atoms with Gasteiger partial charge in [-0.3, -0.25) is 0 Å². The Balaban J connectivity index is 2.01. The lowest BCUT2D eigenvalue weighted by atomic mass is 9.95. The van der Waals surface area contributed by atoms with Crippen molar-refractivity contribution >= 4 is 21.5 Å². The first-order chi connectivity index (χ1) is 11.3. The fraction of sp³-hybridized carbons (Fsp3) is 0.0476. The molecule has 4 aromatic carbocycles. The van der Waals surface area contributed by atoms with E-state index in [0.29, 0.717) is 11.3 Å². The van der Waals surface area contributed by atoms with Crippen LogP contribution in [0.15, 0.2) is 72.8 Å². The quantitative estimate of drug-likeness (QED) is 0.425. The topological polar surface area (TPSA) is 9.23 Å². The molecule has 0 aliphatic heterocycles. The minimum Gasteiger partial charge on any atom is -0.497 e. The second kappa shape index (κ2) is 5.40. The Hall–Kier alpha value is -2.87. The van der Waals surface area contributed by atoms with E-state index in [9.17, 15) is 4.39 Å². The van der Waals surface area contributed by atoms with Crippen LogP contribution in [0.25, 0.3) is 32.7 Å². The van der Waals surface area contributed by atoms with Gasteiger partial charge >= 0.3 is 0 Å². The van der Waals surface area contributed by atoms with Crippen LogP contribution >= 0.6 is 0 Å². The van der Waals surface area contributed by atoms with Crippen LogP contribution in [0.3, 0.4) is 0 Å². The summed E-state index contributed by atoms with van der Waals surface area (Å²) in [5.74, 6) is 0.252. The van der Waals surface area contributed by atoms with Crippen LogP contribution in [0.1, 0.15) is 0 Å². The first-order valence-electron chi connectivity index (χ1n) is 7.52. The summed E-state index contributed by atoms with van der Waals surface area (Å²) in [5.41, 5.74) is 1.49. The van der Waals surface area contributed by atoms with Gasteiger partial charge in [0, 0.05) is 11.6 Å². The van der Waals surface area contributed by atoms with Gasteiger partial charge in [0.15, 0.2) is 0 Å². The number of fused-ring (bicyclic) bond motifs is 2. The molecule has 0 aliphatic rings.